The third kappa shape index (κ3) is 1.15. The summed E-state index contributed by atoms with van der Waals surface area (Å²) >= 11 is 0. The number of hydrogen-bond donors (Lipinski definition) is 1. The van der Waals surface area contributed by atoms with Gasteiger partial charge < -0.3 is 4.98 Å². The molecule has 2 nitrogen and oxygen atoms in total. The molecule has 0 amide bonds. The summed E-state index contributed by atoms with van der Waals surface area (Å²) in [7, 11) is 0. The molecule has 0 bridgehead atoms. The van der Waals surface area contributed by atoms with E-state index < -0.39 is 0 Å². The quantitative estimate of drug-likeness (QED) is 0.484. The van der Waals surface area contributed by atoms with Gasteiger partial charge in [0.05, 0.1) is 11.0 Å². The van der Waals surface area contributed by atoms with Crippen molar-refractivity contribution in [2.24, 2.45) is 0 Å². The van der Waals surface area contributed by atoms with Gasteiger partial charge in [-0.2, -0.15) is 0 Å². The molecule has 18 heavy (non-hydrogen) atoms. The second-order valence-electron chi connectivity index (χ2n) is 4.63. The molecule has 0 fully saturated rings. The molecule has 0 atom stereocenters. The zero-order valence-corrected chi connectivity index (χ0v) is 10.1. The Morgan fingerprint density at radius 1 is 0.889 bits per heavy atom. The van der Waals surface area contributed by atoms with E-state index in [1.165, 1.54) is 27.2 Å². The highest BCUT2D eigenvalue weighted by Gasteiger charge is 2.10. The molecule has 86 valence electrons. The van der Waals surface area contributed by atoms with E-state index in [2.05, 4.69) is 54.4 Å². The molecule has 4 aromatic rings. The summed E-state index contributed by atoms with van der Waals surface area (Å²) in [4.78, 5) is 8.23. The van der Waals surface area contributed by atoms with Crippen LogP contribution < -0.4 is 0 Å². The maximum absolute atomic E-state index is 4.71. The van der Waals surface area contributed by atoms with Crippen LogP contribution in [0, 0.1) is 6.92 Å². The number of nitrogens with zero attached hydrogens (tertiary/aromatic N) is 1. The van der Waals surface area contributed by atoms with Crippen molar-refractivity contribution in [3.05, 3.63) is 54.2 Å². The maximum Gasteiger partial charge on any atom is 0.0726 e. The van der Waals surface area contributed by atoms with Crippen LogP contribution in [0.3, 0.4) is 0 Å². The monoisotopic (exact) mass is 232 g/mol. The van der Waals surface area contributed by atoms with Crippen molar-refractivity contribution in [3.8, 4) is 0 Å². The van der Waals surface area contributed by atoms with E-state index >= 15 is 0 Å². The number of H-pyrrole nitrogens is 1. The standard InChI is InChI=1S/C16H12N2/c1-10-15-11-6-2-4-8-13(11)18-16(15)12-7-3-5-9-14(12)17-10/h2-9,18H,1H3. The molecule has 0 radical (unpaired) electrons. The van der Waals surface area contributed by atoms with Crippen molar-refractivity contribution < 1.29 is 0 Å². The molecule has 0 aliphatic heterocycles. The second kappa shape index (κ2) is 3.33. The summed E-state index contributed by atoms with van der Waals surface area (Å²) in [6, 6.07) is 16.7. The number of fused-ring (bicyclic) bond motifs is 5. The lowest BCUT2D eigenvalue weighted by molar-refractivity contribution is 1.29. The predicted octanol–water partition coefficient (Wildman–Crippen LogP) is 4.18. The van der Waals surface area contributed by atoms with Crippen LogP contribution in [0.2, 0.25) is 0 Å². The van der Waals surface area contributed by atoms with Gasteiger partial charge >= 0.3 is 0 Å². The average Bonchev–Trinajstić information content (AvgIpc) is 2.79. The lowest BCUT2D eigenvalue weighted by Crippen LogP contribution is -1.85. The number of hydrogen-bond acceptors (Lipinski definition) is 1. The highest BCUT2D eigenvalue weighted by Crippen LogP contribution is 2.31. The Kier molecular flexibility index (Phi) is 1.78. The third-order valence-corrected chi connectivity index (χ3v) is 3.53. The van der Waals surface area contributed by atoms with Crippen LogP contribution in [0.1, 0.15) is 5.69 Å². The van der Waals surface area contributed by atoms with Crippen LogP contribution in [0.4, 0.5) is 0 Å². The lowest BCUT2D eigenvalue weighted by Gasteiger charge is -2.02. The lowest BCUT2D eigenvalue weighted by atomic mass is 10.1. The Labute approximate surface area is 104 Å². The van der Waals surface area contributed by atoms with Crippen molar-refractivity contribution in [3.63, 3.8) is 0 Å². The molecular formula is C16H12N2. The van der Waals surface area contributed by atoms with E-state index in [4.69, 9.17) is 4.98 Å². The molecule has 4 rings (SSSR count). The number of rotatable bonds is 0. The minimum absolute atomic E-state index is 1.05. The fourth-order valence-corrected chi connectivity index (χ4v) is 2.74. The van der Waals surface area contributed by atoms with Crippen molar-refractivity contribution >= 4 is 32.7 Å². The van der Waals surface area contributed by atoms with E-state index in [1.54, 1.807) is 0 Å². The summed E-state index contributed by atoms with van der Waals surface area (Å²) < 4.78 is 0. The van der Waals surface area contributed by atoms with Gasteiger partial charge in [-0.15, -0.1) is 0 Å². The Hall–Kier alpha value is -2.35. The molecular weight excluding hydrogens is 220 g/mol. The van der Waals surface area contributed by atoms with E-state index in [9.17, 15) is 0 Å². The highest BCUT2D eigenvalue weighted by molar-refractivity contribution is 6.16. The Morgan fingerprint density at radius 3 is 2.50 bits per heavy atom. The van der Waals surface area contributed by atoms with E-state index in [0.29, 0.717) is 0 Å². The minimum atomic E-state index is 1.05. The molecule has 1 N–H and O–H groups in total. The van der Waals surface area contributed by atoms with Gasteiger partial charge in [0.2, 0.25) is 0 Å². The third-order valence-electron chi connectivity index (χ3n) is 3.53. The molecule has 0 spiro atoms. The van der Waals surface area contributed by atoms with E-state index in [1.807, 2.05) is 6.07 Å². The predicted molar refractivity (Wildman–Crippen MR) is 75.8 cm³/mol. The summed E-state index contributed by atoms with van der Waals surface area (Å²) in [6.45, 7) is 2.08. The number of nitrogens with one attached hydrogen (secondary N) is 1. The first kappa shape index (κ1) is 9.66. The van der Waals surface area contributed by atoms with Crippen LogP contribution in [0.25, 0.3) is 32.7 Å². The first-order chi connectivity index (χ1) is 8.84. The second-order valence-corrected chi connectivity index (χ2v) is 4.63. The first-order valence-electron chi connectivity index (χ1n) is 6.10. The summed E-state index contributed by atoms with van der Waals surface area (Å²) in [5.74, 6) is 0. The van der Waals surface area contributed by atoms with Crippen molar-refractivity contribution in [1.82, 2.24) is 9.97 Å². The van der Waals surface area contributed by atoms with E-state index in [0.717, 1.165) is 11.2 Å². The van der Waals surface area contributed by atoms with Gasteiger partial charge in [0, 0.05) is 27.4 Å². The molecule has 0 aliphatic carbocycles. The Morgan fingerprint density at radius 2 is 1.61 bits per heavy atom. The average molecular weight is 232 g/mol. The summed E-state index contributed by atoms with van der Waals surface area (Å²) in [5, 5.41) is 3.68. The summed E-state index contributed by atoms with van der Waals surface area (Å²) in [6.07, 6.45) is 0. The van der Waals surface area contributed by atoms with Gasteiger partial charge in [0.1, 0.15) is 0 Å². The molecule has 2 heteroatoms. The van der Waals surface area contributed by atoms with Gasteiger partial charge in [-0.25, -0.2) is 0 Å². The zero-order chi connectivity index (χ0) is 12.1. The van der Waals surface area contributed by atoms with Gasteiger partial charge in [-0.05, 0) is 19.1 Å². The fourth-order valence-electron chi connectivity index (χ4n) is 2.74. The van der Waals surface area contributed by atoms with Gasteiger partial charge in [0.25, 0.3) is 0 Å². The van der Waals surface area contributed by atoms with Gasteiger partial charge in [-0.1, -0.05) is 36.4 Å². The van der Waals surface area contributed by atoms with E-state index in [-0.39, 0.29) is 0 Å². The Bertz CT molecular complexity index is 887. The van der Waals surface area contributed by atoms with Crippen molar-refractivity contribution in [2.75, 3.05) is 0 Å². The van der Waals surface area contributed by atoms with Crippen LogP contribution in [0.15, 0.2) is 48.5 Å². The number of aromatic nitrogens is 2. The minimum Gasteiger partial charge on any atom is -0.354 e. The number of aryl methyl sites for hydroxylation is 1. The number of aromatic amines is 1. The van der Waals surface area contributed by atoms with Crippen LogP contribution in [0.5, 0.6) is 0 Å². The van der Waals surface area contributed by atoms with Crippen molar-refractivity contribution in [1.29, 1.82) is 0 Å². The maximum atomic E-state index is 4.71. The highest BCUT2D eigenvalue weighted by atomic mass is 14.8. The SMILES string of the molecule is Cc1nc2ccccc2c2[nH]c3ccccc3c12. The summed E-state index contributed by atoms with van der Waals surface area (Å²) in [5.41, 5.74) is 4.50. The fraction of sp³-hybridized carbons (Fsp3) is 0.0625. The largest absolute Gasteiger partial charge is 0.354 e. The number of para-hydroxylation sites is 2. The first-order valence-corrected chi connectivity index (χ1v) is 6.10. The molecule has 2 aromatic heterocycles. The van der Waals surface area contributed by atoms with Crippen molar-refractivity contribution in [2.45, 2.75) is 6.92 Å². The van der Waals surface area contributed by atoms with Crippen LogP contribution in [-0.2, 0) is 0 Å². The number of pyridine rings is 1. The topological polar surface area (TPSA) is 28.7 Å². The molecule has 0 aliphatic rings. The zero-order valence-electron chi connectivity index (χ0n) is 10.1. The molecule has 2 heterocycles. The smallest absolute Gasteiger partial charge is 0.0726 e. The normalized spacial score (nSPS) is 11.6. The molecule has 2 aromatic carbocycles. The van der Waals surface area contributed by atoms with Gasteiger partial charge in [-0.3, -0.25) is 4.98 Å². The molecule has 0 unspecified atom stereocenters. The van der Waals surface area contributed by atoms with Crippen LogP contribution >= 0.6 is 0 Å². The molecule has 0 saturated heterocycles. The van der Waals surface area contributed by atoms with Crippen LogP contribution in [-0.4, -0.2) is 9.97 Å². The molecule has 0 saturated carbocycles. The Balaban J connectivity index is 2.38. The van der Waals surface area contributed by atoms with Gasteiger partial charge in [0.15, 0.2) is 0 Å². The number of benzene rings is 2.